The molecule has 7 heteroatoms. The lowest BCUT2D eigenvalue weighted by molar-refractivity contribution is -0.135. The maximum absolute atomic E-state index is 12.3. The Hall–Kier alpha value is -2.72. The Morgan fingerprint density at radius 2 is 1.96 bits per heavy atom. The van der Waals surface area contributed by atoms with E-state index in [-0.39, 0.29) is 23.6 Å². The molecule has 2 N–H and O–H groups in total. The molecule has 0 radical (unpaired) electrons. The summed E-state index contributed by atoms with van der Waals surface area (Å²) in [5.74, 6) is 2.38. The lowest BCUT2D eigenvalue weighted by Gasteiger charge is -2.21. The first-order valence-corrected chi connectivity index (χ1v) is 9.76. The molecule has 2 amide bonds. The summed E-state index contributed by atoms with van der Waals surface area (Å²) >= 11 is 0. The van der Waals surface area contributed by atoms with Crippen molar-refractivity contribution in [1.29, 1.82) is 0 Å². The predicted octanol–water partition coefficient (Wildman–Crippen LogP) is 2.57. The average Bonchev–Trinajstić information content (AvgIpc) is 3.51. The second-order valence-electron chi connectivity index (χ2n) is 7.16. The van der Waals surface area contributed by atoms with Crippen LogP contribution in [0.3, 0.4) is 0 Å². The summed E-state index contributed by atoms with van der Waals surface area (Å²) in [6.45, 7) is 1.56. The number of rotatable bonds is 9. The summed E-state index contributed by atoms with van der Waals surface area (Å²) in [6, 6.07) is 7.20. The second kappa shape index (κ2) is 9.47. The lowest BCUT2D eigenvalue weighted by Crippen LogP contribution is -2.37. The van der Waals surface area contributed by atoms with E-state index in [0.717, 1.165) is 31.2 Å². The zero-order chi connectivity index (χ0) is 19.8. The van der Waals surface area contributed by atoms with Gasteiger partial charge < -0.3 is 15.4 Å². The molecule has 1 aromatic rings. The Bertz CT molecular complexity index is 755. The van der Waals surface area contributed by atoms with Crippen molar-refractivity contribution in [3.8, 4) is 12.3 Å². The van der Waals surface area contributed by atoms with E-state index >= 15 is 0 Å². The number of amides is 2. The van der Waals surface area contributed by atoms with Gasteiger partial charge in [-0.2, -0.15) is 10.2 Å². The average molecular weight is 382 g/mol. The Morgan fingerprint density at radius 1 is 1.18 bits per heavy atom. The summed E-state index contributed by atoms with van der Waals surface area (Å²) in [7, 11) is 0. The van der Waals surface area contributed by atoms with Crippen LogP contribution >= 0.6 is 0 Å². The van der Waals surface area contributed by atoms with Crippen molar-refractivity contribution in [1.82, 2.24) is 10.6 Å². The van der Waals surface area contributed by atoms with Crippen LogP contribution in [0.2, 0.25) is 0 Å². The van der Waals surface area contributed by atoms with E-state index in [0.29, 0.717) is 38.1 Å². The van der Waals surface area contributed by atoms with Gasteiger partial charge in [0.2, 0.25) is 5.91 Å². The van der Waals surface area contributed by atoms with Gasteiger partial charge in [-0.1, -0.05) is 12.1 Å². The monoisotopic (exact) mass is 382 g/mol. The topological polar surface area (TPSA) is 92.2 Å². The van der Waals surface area contributed by atoms with Crippen LogP contribution < -0.4 is 10.6 Å². The summed E-state index contributed by atoms with van der Waals surface area (Å²) in [5, 5.41) is 13.9. The van der Waals surface area contributed by atoms with E-state index in [9.17, 15) is 9.59 Å². The van der Waals surface area contributed by atoms with Gasteiger partial charge in [0.1, 0.15) is 6.10 Å². The molecule has 2 aliphatic rings. The number of nitrogens with zero attached hydrogens (tertiary/aromatic N) is 2. The molecular weight excluding hydrogens is 356 g/mol. The smallest absolute Gasteiger partial charge is 0.251 e. The largest absolute Gasteiger partial charge is 0.368 e. The first-order chi connectivity index (χ1) is 13.6. The van der Waals surface area contributed by atoms with Gasteiger partial charge >= 0.3 is 0 Å². The molecule has 0 aliphatic carbocycles. The molecule has 3 rings (SSSR count). The van der Waals surface area contributed by atoms with Gasteiger partial charge in [-0.05, 0) is 37.0 Å². The van der Waals surface area contributed by atoms with Crippen molar-refractivity contribution < 1.29 is 14.3 Å². The number of terminal acetylenes is 1. The normalized spacial score (nSPS) is 19.5. The third-order valence-electron chi connectivity index (χ3n) is 5.02. The highest BCUT2D eigenvalue weighted by Gasteiger charge is 2.38. The fourth-order valence-electron chi connectivity index (χ4n) is 3.17. The zero-order valence-corrected chi connectivity index (χ0v) is 15.9. The predicted molar refractivity (Wildman–Crippen MR) is 104 cm³/mol. The van der Waals surface area contributed by atoms with Crippen LogP contribution in [0.25, 0.3) is 0 Å². The summed E-state index contributed by atoms with van der Waals surface area (Å²) < 4.78 is 5.48. The lowest BCUT2D eigenvalue weighted by atomic mass is 10.0. The Kier molecular flexibility index (Phi) is 6.77. The molecule has 7 nitrogen and oxygen atoms in total. The molecule has 28 heavy (non-hydrogen) atoms. The summed E-state index contributed by atoms with van der Waals surface area (Å²) in [4.78, 5) is 24.3. The maximum atomic E-state index is 12.3. The van der Waals surface area contributed by atoms with Gasteiger partial charge in [0.05, 0.1) is 0 Å². The zero-order valence-electron chi connectivity index (χ0n) is 15.9. The van der Waals surface area contributed by atoms with Crippen LogP contribution in [0, 0.1) is 12.3 Å². The second-order valence-corrected chi connectivity index (χ2v) is 7.16. The van der Waals surface area contributed by atoms with Crippen LogP contribution in [0.4, 0.5) is 0 Å². The Balaban J connectivity index is 1.39. The number of ether oxygens (including phenoxy) is 1. The SMILES string of the molecule is C#CCCC1(CCNC(=O)c2ccc(CNC(=O)C3CCCCO3)cc2)N=N1. The number of nitrogens with one attached hydrogen (secondary N) is 2. The van der Waals surface area contributed by atoms with Gasteiger partial charge in [-0.3, -0.25) is 9.59 Å². The minimum Gasteiger partial charge on any atom is -0.368 e. The van der Waals surface area contributed by atoms with E-state index in [2.05, 4.69) is 26.8 Å². The Morgan fingerprint density at radius 3 is 2.61 bits per heavy atom. The van der Waals surface area contributed by atoms with E-state index in [1.54, 1.807) is 12.1 Å². The third-order valence-corrected chi connectivity index (χ3v) is 5.02. The van der Waals surface area contributed by atoms with Crippen molar-refractivity contribution in [3.63, 3.8) is 0 Å². The first-order valence-electron chi connectivity index (χ1n) is 9.76. The molecular formula is C21H26N4O3. The fraction of sp³-hybridized carbons (Fsp3) is 0.524. The molecule has 1 fully saturated rings. The van der Waals surface area contributed by atoms with Gasteiger partial charge in [0.15, 0.2) is 5.66 Å². The summed E-state index contributed by atoms with van der Waals surface area (Å²) in [6.07, 6.45) is 9.76. The molecule has 2 aliphatic heterocycles. The van der Waals surface area contributed by atoms with E-state index in [1.165, 1.54) is 0 Å². The van der Waals surface area contributed by atoms with E-state index in [1.807, 2.05) is 12.1 Å². The molecule has 1 atom stereocenters. The van der Waals surface area contributed by atoms with Crippen LogP contribution in [-0.4, -0.2) is 36.7 Å². The number of benzene rings is 1. The number of hydrogen-bond donors (Lipinski definition) is 2. The third kappa shape index (κ3) is 5.64. The molecule has 0 spiro atoms. The highest BCUT2D eigenvalue weighted by molar-refractivity contribution is 5.94. The quantitative estimate of drug-likeness (QED) is 0.643. The molecule has 0 bridgehead atoms. The minimum atomic E-state index is -0.385. The molecule has 1 saturated heterocycles. The highest BCUT2D eigenvalue weighted by Crippen LogP contribution is 2.36. The van der Waals surface area contributed by atoms with E-state index < -0.39 is 0 Å². The van der Waals surface area contributed by atoms with Crippen LogP contribution in [0.5, 0.6) is 0 Å². The molecule has 0 saturated carbocycles. The fourth-order valence-corrected chi connectivity index (χ4v) is 3.17. The van der Waals surface area contributed by atoms with Gasteiger partial charge in [-0.15, -0.1) is 12.3 Å². The molecule has 1 aromatic carbocycles. The minimum absolute atomic E-state index is 0.0730. The standard InChI is InChI=1S/C21H26N4O3/c1-2-3-11-21(24-25-21)12-13-22-19(26)17-9-7-16(8-10-17)15-23-20(27)18-6-4-5-14-28-18/h1,7-10,18H,3-6,11-15H2,(H,22,26)(H,23,27). The molecule has 2 heterocycles. The molecule has 0 aromatic heterocycles. The summed E-state index contributed by atoms with van der Waals surface area (Å²) in [5.41, 5.74) is 1.13. The van der Waals surface area contributed by atoms with Crippen molar-refractivity contribution in [3.05, 3.63) is 35.4 Å². The Labute approximate surface area is 165 Å². The highest BCUT2D eigenvalue weighted by atomic mass is 16.5. The van der Waals surface area contributed by atoms with Crippen molar-refractivity contribution in [2.24, 2.45) is 10.2 Å². The van der Waals surface area contributed by atoms with Gasteiger partial charge in [0, 0.05) is 44.5 Å². The maximum Gasteiger partial charge on any atom is 0.251 e. The van der Waals surface area contributed by atoms with Crippen LogP contribution in [-0.2, 0) is 16.1 Å². The van der Waals surface area contributed by atoms with Crippen molar-refractivity contribution in [2.45, 2.75) is 56.8 Å². The van der Waals surface area contributed by atoms with Crippen molar-refractivity contribution in [2.75, 3.05) is 13.2 Å². The van der Waals surface area contributed by atoms with Gasteiger partial charge in [0.25, 0.3) is 5.91 Å². The van der Waals surface area contributed by atoms with Crippen LogP contribution in [0.15, 0.2) is 34.5 Å². The molecule has 148 valence electrons. The van der Waals surface area contributed by atoms with Gasteiger partial charge in [-0.25, -0.2) is 0 Å². The number of carbonyl (C=O) groups excluding carboxylic acids is 2. The van der Waals surface area contributed by atoms with E-state index in [4.69, 9.17) is 11.2 Å². The number of hydrogen-bond acceptors (Lipinski definition) is 5. The van der Waals surface area contributed by atoms with Crippen LogP contribution in [0.1, 0.15) is 54.4 Å². The molecule has 1 unspecified atom stereocenters. The van der Waals surface area contributed by atoms with Crippen molar-refractivity contribution >= 4 is 11.8 Å². The number of carbonyl (C=O) groups is 2. The first kappa shape index (κ1) is 20.0.